The Balaban J connectivity index is 2.30. The molecule has 0 bridgehead atoms. The van der Waals surface area contributed by atoms with Gasteiger partial charge in [0.05, 0.1) is 5.02 Å². The summed E-state index contributed by atoms with van der Waals surface area (Å²) in [5.74, 6) is 0.757. The Morgan fingerprint density at radius 1 is 1.64 bits per heavy atom. The largest absolute Gasteiger partial charge is 0.326 e. The van der Waals surface area contributed by atoms with Crippen molar-refractivity contribution >= 4 is 22.9 Å². The average Bonchev–Trinajstić information content (AvgIpc) is 2.76. The van der Waals surface area contributed by atoms with E-state index in [1.165, 1.54) is 22.6 Å². The highest BCUT2D eigenvalue weighted by atomic mass is 35.5. The molecule has 1 aliphatic carbocycles. The zero-order chi connectivity index (χ0) is 7.84. The summed E-state index contributed by atoms with van der Waals surface area (Å²) in [7, 11) is 0. The third-order valence-corrected chi connectivity index (χ3v) is 3.66. The summed E-state index contributed by atoms with van der Waals surface area (Å²) in [6, 6.07) is 2.00. The van der Waals surface area contributed by atoms with Crippen LogP contribution in [0.4, 0.5) is 0 Å². The predicted molar refractivity (Wildman–Crippen MR) is 49.2 cm³/mol. The summed E-state index contributed by atoms with van der Waals surface area (Å²) in [6.07, 6.45) is 2.62. The molecule has 0 atom stereocenters. The van der Waals surface area contributed by atoms with Gasteiger partial charge < -0.3 is 5.73 Å². The predicted octanol–water partition coefficient (Wildman–Crippen LogP) is 2.74. The fraction of sp³-hybridized carbons (Fsp3) is 0.500. The van der Waals surface area contributed by atoms with Crippen molar-refractivity contribution in [3.8, 4) is 0 Å². The third kappa shape index (κ3) is 1.43. The molecule has 0 aromatic carbocycles. The van der Waals surface area contributed by atoms with Crippen molar-refractivity contribution in [1.82, 2.24) is 0 Å². The second-order valence-electron chi connectivity index (χ2n) is 2.90. The smallest absolute Gasteiger partial charge is 0.0551 e. The quantitative estimate of drug-likeness (QED) is 0.757. The van der Waals surface area contributed by atoms with Crippen LogP contribution in [0.3, 0.4) is 0 Å². The maximum absolute atomic E-state index is 6.01. The Labute approximate surface area is 75.2 Å². The Hall–Kier alpha value is -0.0500. The van der Waals surface area contributed by atoms with Crippen molar-refractivity contribution in [2.24, 2.45) is 5.73 Å². The van der Waals surface area contributed by atoms with Crippen molar-refractivity contribution < 1.29 is 0 Å². The van der Waals surface area contributed by atoms with E-state index in [1.807, 2.05) is 6.07 Å². The molecule has 1 aromatic rings. The van der Waals surface area contributed by atoms with Crippen molar-refractivity contribution in [1.29, 1.82) is 0 Å². The van der Waals surface area contributed by atoms with E-state index < -0.39 is 0 Å². The molecule has 0 spiro atoms. The van der Waals surface area contributed by atoms with Gasteiger partial charge in [-0.2, -0.15) is 0 Å². The van der Waals surface area contributed by atoms with E-state index in [1.54, 1.807) is 11.3 Å². The van der Waals surface area contributed by atoms with Gasteiger partial charge in [-0.25, -0.2) is 0 Å². The molecule has 0 saturated heterocycles. The molecule has 0 unspecified atom stereocenters. The van der Waals surface area contributed by atoms with Gasteiger partial charge >= 0.3 is 0 Å². The zero-order valence-electron chi connectivity index (χ0n) is 6.14. The molecule has 11 heavy (non-hydrogen) atoms. The molecule has 1 nitrogen and oxygen atoms in total. The monoisotopic (exact) mass is 187 g/mol. The normalized spacial score (nSPS) is 17.3. The van der Waals surface area contributed by atoms with Gasteiger partial charge in [-0.15, -0.1) is 11.3 Å². The third-order valence-electron chi connectivity index (χ3n) is 1.91. The summed E-state index contributed by atoms with van der Waals surface area (Å²) >= 11 is 7.79. The van der Waals surface area contributed by atoms with Gasteiger partial charge in [0.2, 0.25) is 0 Å². The second kappa shape index (κ2) is 2.77. The van der Waals surface area contributed by atoms with E-state index >= 15 is 0 Å². The molecule has 0 aliphatic heterocycles. The first kappa shape index (κ1) is 7.59. The van der Waals surface area contributed by atoms with Crippen LogP contribution in [-0.2, 0) is 6.54 Å². The Morgan fingerprint density at radius 3 is 2.82 bits per heavy atom. The maximum Gasteiger partial charge on any atom is 0.0551 e. The van der Waals surface area contributed by atoms with E-state index in [-0.39, 0.29) is 0 Å². The topological polar surface area (TPSA) is 26.0 Å². The zero-order valence-corrected chi connectivity index (χ0v) is 7.71. The van der Waals surface area contributed by atoms with E-state index in [4.69, 9.17) is 17.3 Å². The molecule has 1 saturated carbocycles. The summed E-state index contributed by atoms with van der Waals surface area (Å²) < 4.78 is 0. The van der Waals surface area contributed by atoms with E-state index in [0.717, 1.165) is 10.9 Å². The fourth-order valence-electron chi connectivity index (χ4n) is 1.16. The number of hydrogen-bond acceptors (Lipinski definition) is 2. The lowest BCUT2D eigenvalue weighted by Gasteiger charge is -1.89. The minimum Gasteiger partial charge on any atom is -0.326 e. The molecule has 1 aliphatic rings. The number of thiophene rings is 1. The van der Waals surface area contributed by atoms with Crippen molar-refractivity contribution in [3.05, 3.63) is 20.8 Å². The Morgan fingerprint density at radius 2 is 2.36 bits per heavy atom. The molecule has 1 aromatic heterocycles. The molecule has 0 amide bonds. The SMILES string of the molecule is NCc1cc(Cl)c(C2CC2)s1. The summed E-state index contributed by atoms with van der Waals surface area (Å²) in [4.78, 5) is 2.56. The maximum atomic E-state index is 6.01. The second-order valence-corrected chi connectivity index (χ2v) is 4.48. The Kier molecular flexibility index (Phi) is 1.91. The highest BCUT2D eigenvalue weighted by molar-refractivity contribution is 7.12. The highest BCUT2D eigenvalue weighted by Crippen LogP contribution is 2.46. The lowest BCUT2D eigenvalue weighted by molar-refractivity contribution is 1.11. The minimum absolute atomic E-state index is 0.622. The van der Waals surface area contributed by atoms with Gasteiger partial charge in [0.25, 0.3) is 0 Å². The van der Waals surface area contributed by atoms with Gasteiger partial charge in [0.15, 0.2) is 0 Å². The molecule has 1 heterocycles. The number of nitrogens with two attached hydrogens (primary N) is 1. The van der Waals surface area contributed by atoms with Gasteiger partial charge in [-0.3, -0.25) is 0 Å². The van der Waals surface area contributed by atoms with Crippen molar-refractivity contribution in [3.63, 3.8) is 0 Å². The molecule has 2 rings (SSSR count). The average molecular weight is 188 g/mol. The number of rotatable bonds is 2. The lowest BCUT2D eigenvalue weighted by Crippen LogP contribution is -1.91. The van der Waals surface area contributed by atoms with Gasteiger partial charge in [-0.1, -0.05) is 11.6 Å². The van der Waals surface area contributed by atoms with Crippen molar-refractivity contribution in [2.75, 3.05) is 0 Å². The summed E-state index contributed by atoms with van der Waals surface area (Å²) in [5.41, 5.74) is 5.50. The van der Waals surface area contributed by atoms with Crippen LogP contribution in [0, 0.1) is 0 Å². The van der Waals surface area contributed by atoms with Crippen LogP contribution >= 0.6 is 22.9 Å². The van der Waals surface area contributed by atoms with Crippen LogP contribution in [0.5, 0.6) is 0 Å². The lowest BCUT2D eigenvalue weighted by atomic mass is 10.3. The van der Waals surface area contributed by atoms with Crippen LogP contribution in [0.15, 0.2) is 6.07 Å². The summed E-state index contributed by atoms with van der Waals surface area (Å²) in [5, 5.41) is 0.929. The van der Waals surface area contributed by atoms with Crippen LogP contribution in [0.25, 0.3) is 0 Å². The van der Waals surface area contributed by atoms with Gasteiger partial charge in [-0.05, 0) is 24.8 Å². The van der Waals surface area contributed by atoms with E-state index in [2.05, 4.69) is 0 Å². The molecular formula is C8H10ClNS. The van der Waals surface area contributed by atoms with E-state index in [9.17, 15) is 0 Å². The highest BCUT2D eigenvalue weighted by Gasteiger charge is 2.27. The minimum atomic E-state index is 0.622. The standard InChI is InChI=1S/C8H10ClNS/c9-7-3-6(4-10)11-8(7)5-1-2-5/h3,5H,1-2,4,10H2. The first-order valence-corrected chi connectivity index (χ1v) is 4.99. The molecule has 1 fully saturated rings. The van der Waals surface area contributed by atoms with E-state index in [0.29, 0.717) is 6.54 Å². The Bertz CT molecular complexity index is 265. The molecule has 2 N–H and O–H groups in total. The molecule has 3 heteroatoms. The van der Waals surface area contributed by atoms with Crippen LogP contribution in [0.2, 0.25) is 5.02 Å². The molecule has 0 radical (unpaired) electrons. The number of hydrogen-bond donors (Lipinski definition) is 1. The number of halogens is 1. The molecular weight excluding hydrogens is 178 g/mol. The molecule has 60 valence electrons. The van der Waals surface area contributed by atoms with Gasteiger partial charge in [0, 0.05) is 16.3 Å². The van der Waals surface area contributed by atoms with Crippen LogP contribution < -0.4 is 5.73 Å². The van der Waals surface area contributed by atoms with Crippen molar-refractivity contribution in [2.45, 2.75) is 25.3 Å². The van der Waals surface area contributed by atoms with Gasteiger partial charge in [0.1, 0.15) is 0 Å². The fourth-order valence-corrected chi connectivity index (χ4v) is 2.72. The first-order chi connectivity index (χ1) is 5.31. The van der Waals surface area contributed by atoms with Crippen LogP contribution in [-0.4, -0.2) is 0 Å². The first-order valence-electron chi connectivity index (χ1n) is 3.79. The summed E-state index contributed by atoms with van der Waals surface area (Å²) in [6.45, 7) is 0.622. The van der Waals surface area contributed by atoms with Crippen LogP contribution in [0.1, 0.15) is 28.5 Å².